The van der Waals surface area contributed by atoms with E-state index < -0.39 is 5.97 Å². The Morgan fingerprint density at radius 3 is 1.29 bits per heavy atom. The minimum absolute atomic E-state index is 0.00809. The molecule has 21 heavy (non-hydrogen) atoms. The first kappa shape index (κ1) is 20.2. The Morgan fingerprint density at radius 1 is 0.619 bits per heavy atom. The van der Waals surface area contributed by atoms with Crippen molar-refractivity contribution in [2.24, 2.45) is 0 Å². The Hall–Kier alpha value is -0.770. The average molecular weight is 310 g/mol. The molecule has 2 N–H and O–H groups in total. The van der Waals surface area contributed by atoms with Gasteiger partial charge in [-0.05, 0) is 0 Å². The summed E-state index contributed by atoms with van der Waals surface area (Å²) in [6.45, 7) is 4.20. The normalized spacial score (nSPS) is 10.9. The van der Waals surface area contributed by atoms with E-state index in [2.05, 4.69) is 0 Å². The Morgan fingerprint density at radius 2 is 0.952 bits per heavy atom. The van der Waals surface area contributed by atoms with Gasteiger partial charge < -0.3 is 33.9 Å². The molecule has 0 fully saturated rings. The van der Waals surface area contributed by atoms with Gasteiger partial charge in [0.25, 0.3) is 0 Å². The van der Waals surface area contributed by atoms with Gasteiger partial charge in [0.05, 0.1) is 79.1 Å². The third-order valence-corrected chi connectivity index (χ3v) is 2.18. The van der Waals surface area contributed by atoms with Crippen LogP contribution in [-0.4, -0.2) is 88.9 Å². The molecular weight excluding hydrogens is 284 g/mol. The minimum atomic E-state index is -0.869. The highest BCUT2D eigenvalue weighted by Crippen LogP contribution is 1.85. The van der Waals surface area contributed by atoms with E-state index in [4.69, 9.17) is 33.9 Å². The van der Waals surface area contributed by atoms with Gasteiger partial charge in [-0.15, -0.1) is 0 Å². The largest absolute Gasteiger partial charge is 0.481 e. The van der Waals surface area contributed by atoms with Crippen LogP contribution in [0.15, 0.2) is 0 Å². The maximum atomic E-state index is 10.2. The van der Waals surface area contributed by atoms with Crippen LogP contribution in [0.4, 0.5) is 0 Å². The number of aliphatic carboxylic acids is 1. The van der Waals surface area contributed by atoms with Crippen LogP contribution >= 0.6 is 0 Å². The topological polar surface area (TPSA) is 104 Å². The first-order chi connectivity index (χ1) is 10.3. The molecule has 0 aromatic rings. The van der Waals surface area contributed by atoms with E-state index in [1.165, 1.54) is 0 Å². The van der Waals surface area contributed by atoms with Gasteiger partial charge in [0.1, 0.15) is 0 Å². The number of hydrogen-bond donors (Lipinski definition) is 2. The maximum absolute atomic E-state index is 10.2. The predicted molar refractivity (Wildman–Crippen MR) is 73.4 cm³/mol. The first-order valence-corrected chi connectivity index (χ1v) is 6.98. The lowest BCUT2D eigenvalue weighted by Gasteiger charge is -2.07. The second kappa shape index (κ2) is 17.3. The number of rotatable bonds is 17. The van der Waals surface area contributed by atoms with Gasteiger partial charge in [0.2, 0.25) is 0 Å². The molecule has 0 radical (unpaired) electrons. The summed E-state index contributed by atoms with van der Waals surface area (Å²) in [5.41, 5.74) is 0. The highest BCUT2D eigenvalue weighted by Gasteiger charge is 1.96. The monoisotopic (exact) mass is 310 g/mol. The van der Waals surface area contributed by atoms with Crippen LogP contribution in [0.1, 0.15) is 6.42 Å². The summed E-state index contributed by atoms with van der Waals surface area (Å²) in [5, 5.41) is 16.8. The SMILES string of the molecule is O=C(O)CCOCCOCCOCCOCCOCCO. The lowest BCUT2D eigenvalue weighted by molar-refractivity contribution is -0.138. The van der Waals surface area contributed by atoms with Crippen molar-refractivity contribution in [3.05, 3.63) is 0 Å². The van der Waals surface area contributed by atoms with E-state index >= 15 is 0 Å². The number of aliphatic hydroxyl groups excluding tert-OH is 1. The van der Waals surface area contributed by atoms with Crippen LogP contribution in [0.25, 0.3) is 0 Å². The Labute approximate surface area is 124 Å². The molecular formula is C13H26O8. The standard InChI is InChI=1S/C13H26O8/c14-2-4-18-6-8-20-10-12-21-11-9-19-7-5-17-3-1-13(15)16/h14H,1-12H2,(H,15,16). The summed E-state index contributed by atoms with van der Waals surface area (Å²) < 4.78 is 25.8. The van der Waals surface area contributed by atoms with Gasteiger partial charge in [-0.25, -0.2) is 0 Å². The summed E-state index contributed by atoms with van der Waals surface area (Å²) in [7, 11) is 0. The van der Waals surface area contributed by atoms with Gasteiger partial charge in [0.15, 0.2) is 0 Å². The van der Waals surface area contributed by atoms with E-state index in [1.807, 2.05) is 0 Å². The van der Waals surface area contributed by atoms with Gasteiger partial charge in [-0.1, -0.05) is 0 Å². The smallest absolute Gasteiger partial charge is 0.305 e. The van der Waals surface area contributed by atoms with E-state index in [-0.39, 0.29) is 19.6 Å². The first-order valence-electron chi connectivity index (χ1n) is 6.98. The highest BCUT2D eigenvalue weighted by atomic mass is 16.6. The molecule has 0 bridgehead atoms. The zero-order valence-corrected chi connectivity index (χ0v) is 12.3. The van der Waals surface area contributed by atoms with Crippen molar-refractivity contribution in [2.45, 2.75) is 6.42 Å². The van der Waals surface area contributed by atoms with E-state index in [0.717, 1.165) is 0 Å². The fourth-order valence-corrected chi connectivity index (χ4v) is 1.21. The molecule has 0 heterocycles. The quantitative estimate of drug-likeness (QED) is 0.348. The van der Waals surface area contributed by atoms with Crippen molar-refractivity contribution in [3.63, 3.8) is 0 Å². The number of carboxylic acids is 1. The zero-order chi connectivity index (χ0) is 15.6. The van der Waals surface area contributed by atoms with Crippen molar-refractivity contribution < 1.29 is 38.7 Å². The van der Waals surface area contributed by atoms with Crippen molar-refractivity contribution in [1.29, 1.82) is 0 Å². The van der Waals surface area contributed by atoms with Crippen LogP contribution in [-0.2, 0) is 28.5 Å². The van der Waals surface area contributed by atoms with Gasteiger partial charge in [-0.3, -0.25) is 4.79 Å². The van der Waals surface area contributed by atoms with E-state index in [0.29, 0.717) is 59.5 Å². The number of ether oxygens (including phenoxy) is 5. The summed E-state index contributed by atoms with van der Waals surface area (Å²) >= 11 is 0. The van der Waals surface area contributed by atoms with Crippen LogP contribution < -0.4 is 0 Å². The number of carbonyl (C=O) groups is 1. The Kier molecular flexibility index (Phi) is 16.6. The molecule has 0 aromatic heterocycles. The molecule has 126 valence electrons. The van der Waals surface area contributed by atoms with Crippen molar-refractivity contribution in [3.8, 4) is 0 Å². The molecule has 0 spiro atoms. The van der Waals surface area contributed by atoms with Gasteiger partial charge in [0, 0.05) is 0 Å². The molecule has 0 aliphatic rings. The minimum Gasteiger partial charge on any atom is -0.481 e. The number of carboxylic acid groups (broad SMARTS) is 1. The zero-order valence-electron chi connectivity index (χ0n) is 12.3. The van der Waals surface area contributed by atoms with Gasteiger partial charge >= 0.3 is 5.97 Å². The fraction of sp³-hybridized carbons (Fsp3) is 0.923. The molecule has 0 atom stereocenters. The lowest BCUT2D eigenvalue weighted by Crippen LogP contribution is -2.14. The molecule has 0 saturated heterocycles. The third-order valence-electron chi connectivity index (χ3n) is 2.18. The molecule has 0 unspecified atom stereocenters. The molecule has 0 amide bonds. The van der Waals surface area contributed by atoms with Crippen molar-refractivity contribution >= 4 is 5.97 Å². The fourth-order valence-electron chi connectivity index (χ4n) is 1.21. The van der Waals surface area contributed by atoms with Crippen LogP contribution in [0.5, 0.6) is 0 Å². The summed E-state index contributed by atoms with van der Waals surface area (Å²) in [6.07, 6.45) is 0.00809. The van der Waals surface area contributed by atoms with E-state index in [1.54, 1.807) is 0 Å². The Balaban J connectivity index is 2.95. The van der Waals surface area contributed by atoms with Crippen LogP contribution in [0, 0.1) is 0 Å². The Bertz CT molecular complexity index is 224. The van der Waals surface area contributed by atoms with Gasteiger partial charge in [-0.2, -0.15) is 0 Å². The average Bonchev–Trinajstić information content (AvgIpc) is 2.46. The molecule has 0 rings (SSSR count). The third kappa shape index (κ3) is 19.2. The molecule has 0 aliphatic carbocycles. The predicted octanol–water partition coefficient (Wildman–Crippen LogP) is -0.464. The van der Waals surface area contributed by atoms with E-state index in [9.17, 15) is 4.79 Å². The van der Waals surface area contributed by atoms with Crippen molar-refractivity contribution in [2.75, 3.05) is 72.7 Å². The molecule has 0 saturated carbocycles. The summed E-state index contributed by atoms with van der Waals surface area (Å²) in [5.74, 6) is -0.869. The highest BCUT2D eigenvalue weighted by molar-refractivity contribution is 5.66. The second-order valence-corrected chi connectivity index (χ2v) is 3.93. The number of aliphatic hydroxyl groups is 1. The molecule has 8 nitrogen and oxygen atoms in total. The molecule has 8 heteroatoms. The summed E-state index contributed by atoms with van der Waals surface area (Å²) in [4.78, 5) is 10.2. The van der Waals surface area contributed by atoms with Crippen LogP contribution in [0.2, 0.25) is 0 Å². The summed E-state index contributed by atoms with van der Waals surface area (Å²) in [6, 6.07) is 0. The van der Waals surface area contributed by atoms with Crippen molar-refractivity contribution in [1.82, 2.24) is 0 Å². The lowest BCUT2D eigenvalue weighted by atomic mass is 10.5. The second-order valence-electron chi connectivity index (χ2n) is 3.93. The number of hydrogen-bond acceptors (Lipinski definition) is 7. The molecule has 0 aromatic carbocycles. The molecule has 0 aliphatic heterocycles. The maximum Gasteiger partial charge on any atom is 0.305 e. The van der Waals surface area contributed by atoms with Crippen LogP contribution in [0.3, 0.4) is 0 Å².